The van der Waals surface area contributed by atoms with E-state index in [0.717, 1.165) is 17.7 Å². The van der Waals surface area contributed by atoms with E-state index in [0.29, 0.717) is 12.1 Å². The van der Waals surface area contributed by atoms with Crippen LogP contribution in [0, 0.1) is 17.5 Å². The average Bonchev–Trinajstić information content (AvgIpc) is 2.46. The van der Waals surface area contributed by atoms with Gasteiger partial charge in [0, 0.05) is 19.1 Å². The van der Waals surface area contributed by atoms with E-state index in [2.05, 4.69) is 5.32 Å². The molecule has 0 aliphatic rings. The van der Waals surface area contributed by atoms with Gasteiger partial charge in [0.1, 0.15) is 0 Å². The van der Waals surface area contributed by atoms with Crippen molar-refractivity contribution in [2.45, 2.75) is 12.6 Å². The van der Waals surface area contributed by atoms with Gasteiger partial charge in [-0.25, -0.2) is 13.2 Å². The van der Waals surface area contributed by atoms with Gasteiger partial charge in [0.15, 0.2) is 17.5 Å². The van der Waals surface area contributed by atoms with Gasteiger partial charge in [0.05, 0.1) is 0 Å². The summed E-state index contributed by atoms with van der Waals surface area (Å²) in [5.74, 6) is -3.88. The normalized spacial score (nSPS) is 12.4. The van der Waals surface area contributed by atoms with Crippen molar-refractivity contribution < 1.29 is 13.2 Å². The van der Waals surface area contributed by atoms with Crippen LogP contribution >= 0.6 is 0 Å². The Balaban J connectivity index is 2.12. The Morgan fingerprint density at radius 3 is 2.15 bits per heavy atom. The molecule has 0 radical (unpaired) electrons. The Labute approximate surface area is 115 Å². The lowest BCUT2D eigenvalue weighted by molar-refractivity contribution is 0.439. The SMILES string of the molecule is NCC(NCc1ccccc1)c1cc(F)c(F)c(F)c1. The molecule has 0 saturated carbocycles. The molecule has 2 rings (SSSR count). The zero-order valence-corrected chi connectivity index (χ0v) is 10.7. The first-order valence-electron chi connectivity index (χ1n) is 6.23. The Kier molecular flexibility index (Phi) is 4.76. The molecule has 0 saturated heterocycles. The minimum Gasteiger partial charge on any atom is -0.329 e. The molecule has 3 N–H and O–H groups in total. The van der Waals surface area contributed by atoms with E-state index in [4.69, 9.17) is 5.73 Å². The van der Waals surface area contributed by atoms with Gasteiger partial charge in [0.2, 0.25) is 0 Å². The summed E-state index contributed by atoms with van der Waals surface area (Å²) in [7, 11) is 0. The van der Waals surface area contributed by atoms with Gasteiger partial charge >= 0.3 is 0 Å². The lowest BCUT2D eigenvalue weighted by atomic mass is 10.1. The third kappa shape index (κ3) is 3.37. The summed E-state index contributed by atoms with van der Waals surface area (Å²) in [6, 6.07) is 11.0. The molecule has 2 aromatic carbocycles. The maximum absolute atomic E-state index is 13.2. The molecule has 0 aliphatic heterocycles. The van der Waals surface area contributed by atoms with Crippen molar-refractivity contribution in [2.75, 3.05) is 6.54 Å². The summed E-state index contributed by atoms with van der Waals surface area (Å²) in [6.45, 7) is 0.653. The van der Waals surface area contributed by atoms with E-state index in [-0.39, 0.29) is 6.54 Å². The monoisotopic (exact) mass is 280 g/mol. The van der Waals surface area contributed by atoms with Crippen molar-refractivity contribution >= 4 is 0 Å². The Morgan fingerprint density at radius 2 is 1.60 bits per heavy atom. The highest BCUT2D eigenvalue weighted by Crippen LogP contribution is 2.19. The van der Waals surface area contributed by atoms with Crippen LogP contribution in [0.4, 0.5) is 13.2 Å². The van der Waals surface area contributed by atoms with Crippen molar-refractivity contribution in [3.8, 4) is 0 Å². The topological polar surface area (TPSA) is 38.0 Å². The van der Waals surface area contributed by atoms with Crippen LogP contribution in [0.5, 0.6) is 0 Å². The minimum atomic E-state index is -1.47. The highest BCUT2D eigenvalue weighted by atomic mass is 19.2. The van der Waals surface area contributed by atoms with E-state index in [1.165, 1.54) is 0 Å². The minimum absolute atomic E-state index is 0.150. The Morgan fingerprint density at radius 1 is 1.00 bits per heavy atom. The summed E-state index contributed by atoms with van der Waals surface area (Å²) >= 11 is 0. The lowest BCUT2D eigenvalue weighted by Gasteiger charge is -2.18. The number of nitrogens with one attached hydrogen (secondary N) is 1. The first-order chi connectivity index (χ1) is 9.61. The van der Waals surface area contributed by atoms with Crippen LogP contribution in [0.2, 0.25) is 0 Å². The maximum Gasteiger partial charge on any atom is 0.194 e. The Bertz CT molecular complexity index is 550. The highest BCUT2D eigenvalue weighted by molar-refractivity contribution is 5.23. The van der Waals surface area contributed by atoms with Gasteiger partial charge in [-0.05, 0) is 23.3 Å². The molecule has 0 amide bonds. The van der Waals surface area contributed by atoms with Crippen LogP contribution in [0.1, 0.15) is 17.2 Å². The van der Waals surface area contributed by atoms with Crippen LogP contribution in [0.3, 0.4) is 0 Å². The summed E-state index contributed by atoms with van der Waals surface area (Å²) in [5, 5.41) is 3.10. The van der Waals surface area contributed by atoms with Gasteiger partial charge < -0.3 is 11.1 Å². The van der Waals surface area contributed by atoms with Crippen LogP contribution in [-0.4, -0.2) is 6.54 Å². The zero-order chi connectivity index (χ0) is 14.5. The first-order valence-corrected chi connectivity index (χ1v) is 6.23. The van der Waals surface area contributed by atoms with Gasteiger partial charge in [-0.1, -0.05) is 30.3 Å². The van der Waals surface area contributed by atoms with Crippen molar-refractivity contribution in [3.05, 3.63) is 71.0 Å². The Hall–Kier alpha value is -1.85. The summed E-state index contributed by atoms with van der Waals surface area (Å²) in [6.07, 6.45) is 0. The molecule has 0 aromatic heterocycles. The predicted octanol–water partition coefficient (Wildman–Crippen LogP) is 2.89. The van der Waals surface area contributed by atoms with Crippen LogP contribution < -0.4 is 11.1 Å². The second kappa shape index (κ2) is 6.54. The fraction of sp³-hybridized carbons (Fsp3) is 0.200. The lowest BCUT2D eigenvalue weighted by Crippen LogP contribution is -2.28. The molecule has 2 aromatic rings. The maximum atomic E-state index is 13.2. The third-order valence-corrected chi connectivity index (χ3v) is 3.04. The van der Waals surface area contributed by atoms with Crippen molar-refractivity contribution in [3.63, 3.8) is 0 Å². The van der Waals surface area contributed by atoms with Crippen molar-refractivity contribution in [2.24, 2.45) is 5.73 Å². The molecule has 1 atom stereocenters. The number of hydrogen-bond acceptors (Lipinski definition) is 2. The molecule has 106 valence electrons. The number of benzene rings is 2. The molecular formula is C15H15F3N2. The quantitative estimate of drug-likeness (QED) is 0.826. The molecule has 0 heterocycles. The largest absolute Gasteiger partial charge is 0.329 e. The summed E-state index contributed by atoms with van der Waals surface area (Å²) < 4.78 is 39.4. The molecule has 0 bridgehead atoms. The fourth-order valence-electron chi connectivity index (χ4n) is 1.95. The second-order valence-electron chi connectivity index (χ2n) is 4.45. The smallest absolute Gasteiger partial charge is 0.194 e. The van der Waals surface area contributed by atoms with Gasteiger partial charge in [-0.15, -0.1) is 0 Å². The standard InChI is InChI=1S/C15H15F3N2/c16-12-6-11(7-13(17)15(12)18)14(8-19)20-9-10-4-2-1-3-5-10/h1-7,14,20H,8-9,19H2. The van der Waals surface area contributed by atoms with Crippen LogP contribution in [0.15, 0.2) is 42.5 Å². The predicted molar refractivity (Wildman–Crippen MR) is 71.4 cm³/mol. The fourth-order valence-corrected chi connectivity index (χ4v) is 1.95. The molecule has 0 aliphatic carbocycles. The van der Waals surface area contributed by atoms with Gasteiger partial charge in [-0.2, -0.15) is 0 Å². The van der Waals surface area contributed by atoms with Crippen molar-refractivity contribution in [1.82, 2.24) is 5.32 Å². The van der Waals surface area contributed by atoms with Gasteiger partial charge in [-0.3, -0.25) is 0 Å². The van der Waals surface area contributed by atoms with Crippen molar-refractivity contribution in [1.29, 1.82) is 0 Å². The number of rotatable bonds is 5. The zero-order valence-electron chi connectivity index (χ0n) is 10.7. The summed E-state index contributed by atoms with van der Waals surface area (Å²) in [5.41, 5.74) is 6.92. The average molecular weight is 280 g/mol. The van der Waals surface area contributed by atoms with E-state index >= 15 is 0 Å². The van der Waals surface area contributed by atoms with E-state index < -0.39 is 23.5 Å². The van der Waals surface area contributed by atoms with Crippen LogP contribution in [-0.2, 0) is 6.54 Å². The van der Waals surface area contributed by atoms with Crippen LogP contribution in [0.25, 0.3) is 0 Å². The molecule has 5 heteroatoms. The number of halogens is 3. The molecule has 0 spiro atoms. The third-order valence-electron chi connectivity index (χ3n) is 3.04. The molecule has 2 nitrogen and oxygen atoms in total. The molecule has 1 unspecified atom stereocenters. The molecular weight excluding hydrogens is 265 g/mol. The van der Waals surface area contributed by atoms with E-state index in [9.17, 15) is 13.2 Å². The first kappa shape index (κ1) is 14.6. The van der Waals surface area contributed by atoms with E-state index in [1.807, 2.05) is 30.3 Å². The molecule has 20 heavy (non-hydrogen) atoms. The summed E-state index contributed by atoms with van der Waals surface area (Å²) in [4.78, 5) is 0. The van der Waals surface area contributed by atoms with Gasteiger partial charge in [0.25, 0.3) is 0 Å². The second-order valence-corrected chi connectivity index (χ2v) is 4.45. The number of hydrogen-bond donors (Lipinski definition) is 2. The number of nitrogens with two attached hydrogens (primary N) is 1. The highest BCUT2D eigenvalue weighted by Gasteiger charge is 2.16. The molecule has 0 fully saturated rings. The van der Waals surface area contributed by atoms with E-state index in [1.54, 1.807) is 0 Å².